The second-order valence-electron chi connectivity index (χ2n) is 4.38. The number of thiocarbonyl (C=S) groups is 1. The van der Waals surface area contributed by atoms with Gasteiger partial charge in [0.1, 0.15) is 4.99 Å². The average Bonchev–Trinajstić information content (AvgIpc) is 2.63. The van der Waals surface area contributed by atoms with Crippen molar-refractivity contribution in [3.63, 3.8) is 0 Å². The van der Waals surface area contributed by atoms with Crippen LogP contribution in [0.5, 0.6) is 0 Å². The lowest BCUT2D eigenvalue weighted by atomic mass is 10.0. The Hall–Kier alpha value is -1.75. The number of carbonyl (C=O) groups is 2. The van der Waals surface area contributed by atoms with Crippen molar-refractivity contribution in [3.8, 4) is 0 Å². The number of hydrogen-bond donors (Lipinski definition) is 1. The summed E-state index contributed by atoms with van der Waals surface area (Å²) in [5, 5.41) is 0. The molecule has 1 saturated heterocycles. The highest BCUT2D eigenvalue weighted by Crippen LogP contribution is 2.19. The Labute approximate surface area is 111 Å². The van der Waals surface area contributed by atoms with E-state index in [0.29, 0.717) is 24.4 Å². The van der Waals surface area contributed by atoms with Crippen molar-refractivity contribution in [1.82, 2.24) is 4.90 Å². The van der Waals surface area contributed by atoms with Crippen molar-refractivity contribution in [3.05, 3.63) is 34.9 Å². The first kappa shape index (κ1) is 12.7. The minimum Gasteiger partial charge on any atom is -0.389 e. The number of nitrogens with two attached hydrogens (primary N) is 1. The standard InChI is InChI=1S/C13H14N2O2S/c1-8-6-9(13(14)18)2-3-10(8)7-15-11(16)4-5-12(15)17/h2-3,6H,4-5,7H2,1H3,(H2,14,18). The molecule has 0 radical (unpaired) electrons. The molecule has 0 bridgehead atoms. The predicted octanol–water partition coefficient (Wildman–Crippen LogP) is 1.28. The van der Waals surface area contributed by atoms with Gasteiger partial charge in [-0.3, -0.25) is 14.5 Å². The number of amides is 2. The van der Waals surface area contributed by atoms with Crippen LogP contribution >= 0.6 is 12.2 Å². The lowest BCUT2D eigenvalue weighted by Crippen LogP contribution is -2.28. The SMILES string of the molecule is Cc1cc(C(N)=S)ccc1CN1C(=O)CCC1=O. The van der Waals surface area contributed by atoms with Crippen LogP contribution in [0.2, 0.25) is 0 Å². The molecular formula is C13H14N2O2S. The zero-order valence-electron chi connectivity index (χ0n) is 10.1. The summed E-state index contributed by atoms with van der Waals surface area (Å²) in [6, 6.07) is 5.56. The van der Waals surface area contributed by atoms with Crippen molar-refractivity contribution in [2.24, 2.45) is 5.73 Å². The van der Waals surface area contributed by atoms with Gasteiger partial charge in [0.15, 0.2) is 0 Å². The van der Waals surface area contributed by atoms with Crippen molar-refractivity contribution < 1.29 is 9.59 Å². The summed E-state index contributed by atoms with van der Waals surface area (Å²) in [6.45, 7) is 2.25. The maximum Gasteiger partial charge on any atom is 0.229 e. The molecule has 1 aliphatic heterocycles. The Balaban J connectivity index is 2.22. The minimum atomic E-state index is -0.0992. The third-order valence-corrected chi connectivity index (χ3v) is 3.35. The van der Waals surface area contributed by atoms with E-state index in [1.807, 2.05) is 25.1 Å². The van der Waals surface area contributed by atoms with Gasteiger partial charge in [-0.15, -0.1) is 0 Å². The molecule has 1 fully saturated rings. The van der Waals surface area contributed by atoms with E-state index in [-0.39, 0.29) is 11.8 Å². The molecule has 2 amide bonds. The van der Waals surface area contributed by atoms with Crippen molar-refractivity contribution in [2.75, 3.05) is 0 Å². The maximum absolute atomic E-state index is 11.5. The number of carbonyl (C=O) groups excluding carboxylic acids is 2. The highest BCUT2D eigenvalue weighted by Gasteiger charge is 2.28. The normalized spacial score (nSPS) is 15.3. The lowest BCUT2D eigenvalue weighted by Gasteiger charge is -2.16. The highest BCUT2D eigenvalue weighted by atomic mass is 32.1. The largest absolute Gasteiger partial charge is 0.389 e. The second-order valence-corrected chi connectivity index (χ2v) is 4.82. The van der Waals surface area contributed by atoms with Gasteiger partial charge in [-0.25, -0.2) is 0 Å². The highest BCUT2D eigenvalue weighted by molar-refractivity contribution is 7.80. The Morgan fingerprint density at radius 3 is 2.44 bits per heavy atom. The number of rotatable bonds is 3. The topological polar surface area (TPSA) is 63.4 Å². The van der Waals surface area contributed by atoms with Crippen LogP contribution in [0.15, 0.2) is 18.2 Å². The second kappa shape index (κ2) is 4.86. The van der Waals surface area contributed by atoms with Crippen molar-refractivity contribution >= 4 is 29.0 Å². The molecule has 0 spiro atoms. The molecule has 2 rings (SSSR count). The van der Waals surface area contributed by atoms with Crippen molar-refractivity contribution in [2.45, 2.75) is 26.3 Å². The van der Waals surface area contributed by atoms with Crippen LogP contribution < -0.4 is 5.73 Å². The predicted molar refractivity (Wildman–Crippen MR) is 71.9 cm³/mol. The average molecular weight is 262 g/mol. The van der Waals surface area contributed by atoms with E-state index in [2.05, 4.69) is 0 Å². The van der Waals surface area contributed by atoms with Crippen LogP contribution in [0, 0.1) is 6.92 Å². The molecule has 0 aromatic heterocycles. The van der Waals surface area contributed by atoms with E-state index in [1.165, 1.54) is 4.90 Å². The number of aryl methyl sites for hydroxylation is 1. The van der Waals surface area contributed by atoms with Gasteiger partial charge >= 0.3 is 0 Å². The molecule has 1 heterocycles. The summed E-state index contributed by atoms with van der Waals surface area (Å²) >= 11 is 4.91. The van der Waals surface area contributed by atoms with E-state index >= 15 is 0 Å². The summed E-state index contributed by atoms with van der Waals surface area (Å²) in [6.07, 6.45) is 0.645. The fourth-order valence-electron chi connectivity index (χ4n) is 2.00. The fraction of sp³-hybridized carbons (Fsp3) is 0.308. The quantitative estimate of drug-likeness (QED) is 0.658. The maximum atomic E-state index is 11.5. The number of hydrogen-bond acceptors (Lipinski definition) is 3. The molecule has 0 unspecified atom stereocenters. The molecule has 0 aliphatic carbocycles. The van der Waals surface area contributed by atoms with E-state index in [1.54, 1.807) is 0 Å². The van der Waals surface area contributed by atoms with Crippen molar-refractivity contribution in [1.29, 1.82) is 0 Å². The van der Waals surface area contributed by atoms with Gasteiger partial charge < -0.3 is 5.73 Å². The molecule has 1 aromatic carbocycles. The summed E-state index contributed by atoms with van der Waals surface area (Å²) in [4.78, 5) is 24.7. The first-order valence-electron chi connectivity index (χ1n) is 5.71. The van der Waals surface area contributed by atoms with Crippen LogP contribution in [0.25, 0.3) is 0 Å². The zero-order valence-corrected chi connectivity index (χ0v) is 10.9. The molecule has 0 atom stereocenters. The molecule has 1 aromatic rings. The van der Waals surface area contributed by atoms with E-state index in [9.17, 15) is 9.59 Å². The summed E-state index contributed by atoms with van der Waals surface area (Å²) in [7, 11) is 0. The summed E-state index contributed by atoms with van der Waals surface area (Å²) in [5.41, 5.74) is 8.27. The third-order valence-electron chi connectivity index (χ3n) is 3.11. The van der Waals surface area contributed by atoms with Gasteiger partial charge in [0, 0.05) is 18.4 Å². The van der Waals surface area contributed by atoms with Crippen LogP contribution in [0.1, 0.15) is 29.5 Å². The molecule has 18 heavy (non-hydrogen) atoms. The van der Waals surface area contributed by atoms with Crippen LogP contribution in [0.3, 0.4) is 0 Å². The molecule has 2 N–H and O–H groups in total. The lowest BCUT2D eigenvalue weighted by molar-refractivity contribution is -0.139. The molecule has 0 saturated carbocycles. The Morgan fingerprint density at radius 2 is 1.94 bits per heavy atom. The van der Waals surface area contributed by atoms with Crippen LogP contribution in [-0.4, -0.2) is 21.7 Å². The molecule has 5 heteroatoms. The van der Waals surface area contributed by atoms with E-state index < -0.39 is 0 Å². The third kappa shape index (κ3) is 2.41. The number of benzene rings is 1. The Bertz CT molecular complexity index is 524. The van der Waals surface area contributed by atoms with Gasteiger partial charge in [-0.2, -0.15) is 0 Å². The Kier molecular flexibility index (Phi) is 3.43. The number of likely N-dealkylation sites (tertiary alicyclic amines) is 1. The molecule has 94 valence electrons. The first-order chi connectivity index (χ1) is 8.49. The van der Waals surface area contributed by atoms with Gasteiger partial charge in [-0.05, 0) is 24.1 Å². The van der Waals surface area contributed by atoms with Gasteiger partial charge in [0.25, 0.3) is 0 Å². The smallest absolute Gasteiger partial charge is 0.229 e. The van der Waals surface area contributed by atoms with E-state index in [0.717, 1.165) is 16.7 Å². The molecule has 4 nitrogen and oxygen atoms in total. The monoisotopic (exact) mass is 262 g/mol. The van der Waals surface area contributed by atoms with Crippen LogP contribution in [0.4, 0.5) is 0 Å². The minimum absolute atomic E-state index is 0.0992. The van der Waals surface area contributed by atoms with Gasteiger partial charge in [0.2, 0.25) is 11.8 Å². The Morgan fingerprint density at radius 1 is 1.33 bits per heavy atom. The molecular weight excluding hydrogens is 248 g/mol. The van der Waals surface area contributed by atoms with Crippen LogP contribution in [-0.2, 0) is 16.1 Å². The van der Waals surface area contributed by atoms with Gasteiger partial charge in [-0.1, -0.05) is 24.4 Å². The number of imide groups is 1. The van der Waals surface area contributed by atoms with Gasteiger partial charge in [0.05, 0.1) is 6.54 Å². The zero-order chi connectivity index (χ0) is 13.3. The molecule has 1 aliphatic rings. The summed E-state index contributed by atoms with van der Waals surface area (Å²) < 4.78 is 0. The first-order valence-corrected chi connectivity index (χ1v) is 6.12. The fourth-order valence-corrected chi connectivity index (χ4v) is 2.12. The summed E-state index contributed by atoms with van der Waals surface area (Å²) in [5.74, 6) is -0.198. The number of nitrogens with zero attached hydrogens (tertiary/aromatic N) is 1. The van der Waals surface area contributed by atoms with E-state index in [4.69, 9.17) is 18.0 Å².